The van der Waals surface area contributed by atoms with Gasteiger partial charge in [0.1, 0.15) is 29.5 Å². The van der Waals surface area contributed by atoms with Gasteiger partial charge in [-0.3, -0.25) is 0 Å². The highest BCUT2D eigenvalue weighted by atomic mass is 16.9. The fourth-order valence-electron chi connectivity index (χ4n) is 4.96. The van der Waals surface area contributed by atoms with Gasteiger partial charge in [0.25, 0.3) is 5.09 Å². The second-order valence-electron chi connectivity index (χ2n) is 11.3. The molecule has 0 fully saturated rings. The van der Waals surface area contributed by atoms with Gasteiger partial charge < -0.3 is 34.8 Å². The number of amidine groups is 1. The molecule has 3 aromatic carbocycles. The van der Waals surface area contributed by atoms with E-state index in [0.717, 1.165) is 28.2 Å². The summed E-state index contributed by atoms with van der Waals surface area (Å²) in [5, 5.41) is 35.1. The molecule has 4 rings (SSSR count). The zero-order chi connectivity index (χ0) is 35.7. The van der Waals surface area contributed by atoms with Gasteiger partial charge in [0.2, 0.25) is 0 Å². The third-order valence-corrected chi connectivity index (χ3v) is 7.15. The van der Waals surface area contributed by atoms with Gasteiger partial charge >= 0.3 is 12.1 Å². The van der Waals surface area contributed by atoms with Crippen molar-refractivity contribution in [2.24, 2.45) is 16.7 Å². The normalized spacial score (nSPS) is 11.6. The summed E-state index contributed by atoms with van der Waals surface area (Å²) in [6.07, 6.45) is 0.150. The van der Waals surface area contributed by atoms with Crippen LogP contribution in [-0.4, -0.2) is 54.7 Å². The molecule has 258 valence electrons. The summed E-state index contributed by atoms with van der Waals surface area (Å²) in [6.45, 7) is 4.26. The molecule has 0 spiro atoms. The summed E-state index contributed by atoms with van der Waals surface area (Å²) < 4.78 is 11.8. The number of hydrazone groups is 1. The van der Waals surface area contributed by atoms with E-state index in [1.165, 1.54) is 26.0 Å². The van der Waals surface area contributed by atoms with Crippen LogP contribution in [0.3, 0.4) is 0 Å². The molecule has 16 heteroatoms. The summed E-state index contributed by atoms with van der Waals surface area (Å²) in [4.78, 5) is 43.9. The minimum absolute atomic E-state index is 0.00786. The second kappa shape index (κ2) is 15.7. The fourth-order valence-corrected chi connectivity index (χ4v) is 4.96. The quantitative estimate of drug-likeness (QED) is 0.0203. The molecule has 49 heavy (non-hydrogen) atoms. The Bertz CT molecular complexity index is 1830. The van der Waals surface area contributed by atoms with E-state index in [-0.39, 0.29) is 35.1 Å². The van der Waals surface area contributed by atoms with Crippen LogP contribution in [0.1, 0.15) is 65.9 Å². The number of carboxylic acid groups (broad SMARTS) is 1. The Balaban J connectivity index is 1.47. The van der Waals surface area contributed by atoms with Gasteiger partial charge in [-0.1, -0.05) is 73.7 Å². The number of hydrogen-bond acceptors (Lipinski definition) is 12. The molecule has 0 aliphatic heterocycles. The average Bonchev–Trinajstić information content (AvgIpc) is 3.42. The number of nitrogens with zero attached hydrogens (tertiary/aromatic N) is 5. The first kappa shape index (κ1) is 35.8. The van der Waals surface area contributed by atoms with E-state index in [2.05, 4.69) is 14.9 Å². The number of aliphatic hydroxyl groups is 1. The minimum atomic E-state index is -1.44. The zero-order valence-electron chi connectivity index (χ0n) is 27.1. The van der Waals surface area contributed by atoms with Crippen molar-refractivity contribution < 1.29 is 39.2 Å². The Labute approximate surface area is 281 Å². The molecule has 0 bridgehead atoms. The highest BCUT2D eigenvalue weighted by Crippen LogP contribution is 2.28. The smallest absolute Gasteiger partial charge is 0.477 e. The van der Waals surface area contributed by atoms with Gasteiger partial charge in [-0.05, 0) is 43.0 Å². The number of aromatic carboxylic acids is 1. The first-order chi connectivity index (χ1) is 23.3. The van der Waals surface area contributed by atoms with Crippen LogP contribution in [0.5, 0.6) is 5.75 Å². The van der Waals surface area contributed by atoms with Crippen LogP contribution in [0, 0.1) is 10.1 Å². The van der Waals surface area contributed by atoms with Crippen molar-refractivity contribution in [2.45, 2.75) is 52.4 Å². The summed E-state index contributed by atoms with van der Waals surface area (Å²) in [6, 6.07) is 20.7. The number of benzene rings is 3. The number of hydrogen-bond donors (Lipinski definition) is 4. The largest absolute Gasteiger partial charge is 0.515 e. The van der Waals surface area contributed by atoms with E-state index in [9.17, 15) is 29.9 Å². The Kier molecular flexibility index (Phi) is 11.5. The van der Waals surface area contributed by atoms with Crippen molar-refractivity contribution in [1.82, 2.24) is 14.7 Å². The molecule has 0 radical (unpaired) electrons. The van der Waals surface area contributed by atoms with Crippen LogP contribution in [0.4, 0.5) is 4.79 Å². The van der Waals surface area contributed by atoms with Crippen molar-refractivity contribution in [3.63, 3.8) is 0 Å². The highest BCUT2D eigenvalue weighted by Gasteiger charge is 2.31. The molecule has 0 aliphatic carbocycles. The van der Waals surface area contributed by atoms with Crippen LogP contribution >= 0.6 is 0 Å². The maximum absolute atomic E-state index is 12.3. The molecule has 0 aliphatic rings. The number of hydrazine groups is 1. The lowest BCUT2D eigenvalue weighted by atomic mass is 9.98. The van der Waals surface area contributed by atoms with E-state index < -0.39 is 36.2 Å². The summed E-state index contributed by atoms with van der Waals surface area (Å²) in [5.74, 6) is 5.35. The van der Waals surface area contributed by atoms with E-state index in [0.29, 0.717) is 17.8 Å². The number of carboxylic acids is 1. The first-order valence-electron chi connectivity index (χ1n) is 15.1. The maximum atomic E-state index is 12.3. The van der Waals surface area contributed by atoms with Crippen molar-refractivity contribution in [2.75, 3.05) is 6.73 Å². The molecule has 16 nitrogen and oxygen atoms in total. The number of carbonyl (C=O) groups excluding carboxylic acids is 1. The topological polar surface area (TPSA) is 231 Å². The third-order valence-electron chi connectivity index (χ3n) is 7.15. The van der Waals surface area contributed by atoms with Gasteiger partial charge in [0.15, 0.2) is 18.3 Å². The Morgan fingerprint density at radius 1 is 1.08 bits per heavy atom. The standard InChI is InChI=1S/C33H37N7O9/c1-4-9-27-36-29(33(2,3)44)28(31(41)42)38(27)18-21-14-16-22(17-15-21)24-11-6-7-12-25(24)30(34)37-39(35)20-47-32(43)49-26-13-8-5-10-23(26)19-48-40(45)46/h5-8,10-17,44H,4,9,18-20,35H2,1-3H3,(H2,34,37)(H,41,42). The van der Waals surface area contributed by atoms with E-state index in [4.69, 9.17) is 21.1 Å². The van der Waals surface area contributed by atoms with Gasteiger partial charge in [-0.25, -0.2) is 20.4 Å². The van der Waals surface area contributed by atoms with Gasteiger partial charge in [0.05, 0.1) is 0 Å². The summed E-state index contributed by atoms with van der Waals surface area (Å²) >= 11 is 0. The number of imidazole rings is 1. The van der Waals surface area contributed by atoms with Gasteiger partial charge in [-0.2, -0.15) is 5.12 Å². The first-order valence-corrected chi connectivity index (χ1v) is 15.1. The molecule has 0 amide bonds. The zero-order valence-corrected chi connectivity index (χ0v) is 27.1. The predicted molar refractivity (Wildman–Crippen MR) is 176 cm³/mol. The minimum Gasteiger partial charge on any atom is -0.477 e. The molecule has 4 aromatic rings. The van der Waals surface area contributed by atoms with Crippen molar-refractivity contribution >= 4 is 18.0 Å². The number of aryl methyl sites for hydroxylation is 1. The van der Waals surface area contributed by atoms with Crippen LogP contribution in [0.2, 0.25) is 0 Å². The highest BCUT2D eigenvalue weighted by molar-refractivity contribution is 6.03. The number of rotatable bonds is 15. The molecule has 1 heterocycles. The number of carbonyl (C=O) groups is 2. The Hall–Kier alpha value is -6.00. The molecule has 0 unspecified atom stereocenters. The molecule has 0 atom stereocenters. The number of ether oxygens (including phenoxy) is 2. The lowest BCUT2D eigenvalue weighted by Gasteiger charge is -2.16. The number of nitrogens with two attached hydrogens (primary N) is 2. The van der Waals surface area contributed by atoms with Crippen LogP contribution in [0.15, 0.2) is 77.9 Å². The van der Waals surface area contributed by atoms with E-state index in [1.807, 2.05) is 43.3 Å². The van der Waals surface area contributed by atoms with E-state index in [1.54, 1.807) is 28.8 Å². The van der Waals surface area contributed by atoms with Gasteiger partial charge in [-0.15, -0.1) is 15.2 Å². The van der Waals surface area contributed by atoms with Crippen molar-refractivity contribution in [3.8, 4) is 16.9 Å². The SMILES string of the molecule is CCCc1nc(C(C)(C)O)c(C(=O)O)n1Cc1ccc(-c2ccccc2/C(N)=N/N(N)COC(=O)Oc2ccccc2CO[N+](=O)[O-])cc1. The fraction of sp³-hybridized carbons (Fsp3) is 0.273. The lowest BCUT2D eigenvalue weighted by molar-refractivity contribution is -0.763. The Morgan fingerprint density at radius 2 is 1.76 bits per heavy atom. The monoisotopic (exact) mass is 675 g/mol. The third kappa shape index (κ3) is 9.30. The lowest BCUT2D eigenvalue weighted by Crippen LogP contribution is -2.33. The number of aromatic nitrogens is 2. The van der Waals surface area contributed by atoms with Crippen LogP contribution < -0.4 is 16.3 Å². The Morgan fingerprint density at radius 3 is 2.41 bits per heavy atom. The van der Waals surface area contributed by atoms with Crippen molar-refractivity contribution in [3.05, 3.63) is 117 Å². The predicted octanol–water partition coefficient (Wildman–Crippen LogP) is 4.15. The molecular formula is C33H37N7O9. The molecule has 1 aromatic heterocycles. The maximum Gasteiger partial charge on any atom is 0.515 e. The van der Waals surface area contributed by atoms with Gasteiger partial charge in [0, 0.05) is 24.1 Å². The molecule has 6 N–H and O–H groups in total. The molecule has 0 saturated heterocycles. The van der Waals surface area contributed by atoms with E-state index >= 15 is 0 Å². The second-order valence-corrected chi connectivity index (χ2v) is 11.3. The summed E-state index contributed by atoms with van der Waals surface area (Å²) in [7, 11) is 0. The van der Waals surface area contributed by atoms with Crippen LogP contribution in [0.25, 0.3) is 11.1 Å². The summed E-state index contributed by atoms with van der Waals surface area (Å²) in [5.41, 5.74) is 8.05. The van der Waals surface area contributed by atoms with Crippen LogP contribution in [-0.2, 0) is 34.7 Å². The average molecular weight is 676 g/mol. The van der Waals surface area contributed by atoms with Crippen molar-refractivity contribution in [1.29, 1.82) is 0 Å². The molecule has 0 saturated carbocycles. The molecular weight excluding hydrogens is 638 g/mol. The number of para-hydroxylation sites is 1.